The van der Waals surface area contributed by atoms with Crippen molar-refractivity contribution in [2.75, 3.05) is 6.54 Å². The molecular formula is C12H16N2O3. The van der Waals surface area contributed by atoms with Gasteiger partial charge in [-0.15, -0.1) is 0 Å². The van der Waals surface area contributed by atoms with Crippen molar-refractivity contribution in [2.45, 2.75) is 25.7 Å². The number of amides is 3. The molecule has 0 aromatic carbocycles. The van der Waals surface area contributed by atoms with Gasteiger partial charge >= 0.3 is 0 Å². The highest BCUT2D eigenvalue weighted by Crippen LogP contribution is 2.07. The second-order valence-corrected chi connectivity index (χ2v) is 3.74. The summed E-state index contributed by atoms with van der Waals surface area (Å²) >= 11 is 0. The van der Waals surface area contributed by atoms with Gasteiger partial charge in [0.05, 0.1) is 0 Å². The number of nitrogens with zero attached hydrogens (tertiary/aromatic N) is 1. The van der Waals surface area contributed by atoms with E-state index in [2.05, 4.69) is 11.9 Å². The van der Waals surface area contributed by atoms with Crippen LogP contribution in [-0.2, 0) is 14.4 Å². The van der Waals surface area contributed by atoms with Crippen LogP contribution in [0.25, 0.3) is 0 Å². The van der Waals surface area contributed by atoms with E-state index in [1.165, 1.54) is 23.3 Å². The van der Waals surface area contributed by atoms with Crippen molar-refractivity contribution >= 4 is 17.7 Å². The van der Waals surface area contributed by atoms with E-state index in [9.17, 15) is 14.4 Å². The molecule has 0 atom stereocenters. The lowest BCUT2D eigenvalue weighted by atomic mass is 10.2. The fourth-order valence-electron chi connectivity index (χ4n) is 1.57. The minimum Gasteiger partial charge on any atom is -0.333 e. The van der Waals surface area contributed by atoms with Crippen LogP contribution in [0.3, 0.4) is 0 Å². The summed E-state index contributed by atoms with van der Waals surface area (Å²) in [6.07, 6.45) is 6.62. The highest BCUT2D eigenvalue weighted by molar-refractivity contribution is 6.12. The molecule has 1 aliphatic rings. The first kappa shape index (κ1) is 13.2. The van der Waals surface area contributed by atoms with Crippen LogP contribution in [0.5, 0.6) is 0 Å². The highest BCUT2D eigenvalue weighted by Gasteiger charge is 2.22. The quantitative estimate of drug-likeness (QED) is 0.523. The number of hydrogen-bond acceptors (Lipinski definition) is 3. The van der Waals surface area contributed by atoms with Crippen molar-refractivity contribution in [3.8, 4) is 0 Å². The Hall–Kier alpha value is -1.91. The first-order valence-corrected chi connectivity index (χ1v) is 5.59. The van der Waals surface area contributed by atoms with Crippen LogP contribution in [-0.4, -0.2) is 29.2 Å². The molecule has 0 aromatic rings. The van der Waals surface area contributed by atoms with Gasteiger partial charge in [-0.25, -0.2) is 0 Å². The SMILES string of the molecule is C=CNC(=O)CCCCCN1C(=O)C=CC1=O. The molecule has 1 heterocycles. The van der Waals surface area contributed by atoms with Gasteiger partial charge in [0, 0.05) is 25.1 Å². The summed E-state index contributed by atoms with van der Waals surface area (Å²) in [5.74, 6) is -0.561. The molecular weight excluding hydrogens is 220 g/mol. The third-order valence-electron chi connectivity index (χ3n) is 2.45. The molecule has 0 radical (unpaired) electrons. The first-order chi connectivity index (χ1) is 8.15. The Balaban J connectivity index is 2.09. The predicted molar refractivity (Wildman–Crippen MR) is 62.7 cm³/mol. The van der Waals surface area contributed by atoms with E-state index in [0.717, 1.165) is 19.3 Å². The van der Waals surface area contributed by atoms with Crippen molar-refractivity contribution in [3.63, 3.8) is 0 Å². The number of rotatable bonds is 7. The molecule has 1 N–H and O–H groups in total. The summed E-state index contributed by atoms with van der Waals surface area (Å²) in [4.78, 5) is 34.6. The predicted octanol–water partition coefficient (Wildman–Crippen LogP) is 0.731. The zero-order valence-corrected chi connectivity index (χ0v) is 9.65. The van der Waals surface area contributed by atoms with Gasteiger partial charge in [0.15, 0.2) is 0 Å². The number of unbranched alkanes of at least 4 members (excludes halogenated alkanes) is 2. The van der Waals surface area contributed by atoms with E-state index < -0.39 is 0 Å². The molecule has 5 nitrogen and oxygen atoms in total. The van der Waals surface area contributed by atoms with Gasteiger partial charge in [-0.05, 0) is 19.0 Å². The van der Waals surface area contributed by atoms with E-state index in [4.69, 9.17) is 0 Å². The monoisotopic (exact) mass is 236 g/mol. The Morgan fingerprint density at radius 2 is 1.88 bits per heavy atom. The van der Waals surface area contributed by atoms with Gasteiger partial charge in [-0.2, -0.15) is 0 Å². The standard InChI is InChI=1S/C12H16N2O3/c1-2-13-10(15)6-4-3-5-9-14-11(16)7-8-12(14)17/h2,7-8H,1,3-6,9H2,(H,13,15). The van der Waals surface area contributed by atoms with Crippen molar-refractivity contribution in [1.29, 1.82) is 0 Å². The molecule has 17 heavy (non-hydrogen) atoms. The number of imide groups is 1. The minimum absolute atomic E-state index is 0.0602. The van der Waals surface area contributed by atoms with Crippen LogP contribution in [0.4, 0.5) is 0 Å². The maximum atomic E-state index is 11.2. The van der Waals surface area contributed by atoms with Crippen molar-refractivity contribution < 1.29 is 14.4 Å². The number of carbonyl (C=O) groups is 3. The maximum absolute atomic E-state index is 11.2. The summed E-state index contributed by atoms with van der Waals surface area (Å²) in [7, 11) is 0. The molecule has 5 heteroatoms. The normalized spacial score (nSPS) is 14.2. The lowest BCUT2D eigenvalue weighted by molar-refractivity contribution is -0.136. The first-order valence-electron chi connectivity index (χ1n) is 5.59. The van der Waals surface area contributed by atoms with E-state index in [1.807, 2.05) is 0 Å². The molecule has 3 amide bonds. The molecule has 0 spiro atoms. The molecule has 0 fully saturated rings. The van der Waals surface area contributed by atoms with Crippen LogP contribution in [0.15, 0.2) is 24.9 Å². The Morgan fingerprint density at radius 3 is 2.47 bits per heavy atom. The smallest absolute Gasteiger partial charge is 0.253 e. The van der Waals surface area contributed by atoms with Gasteiger partial charge in [0.2, 0.25) is 5.91 Å². The summed E-state index contributed by atoms with van der Waals surface area (Å²) in [6.45, 7) is 3.82. The molecule has 0 aliphatic carbocycles. The summed E-state index contributed by atoms with van der Waals surface area (Å²) < 4.78 is 0. The summed E-state index contributed by atoms with van der Waals surface area (Å²) in [6, 6.07) is 0. The van der Waals surface area contributed by atoms with Crippen LogP contribution >= 0.6 is 0 Å². The van der Waals surface area contributed by atoms with Gasteiger partial charge < -0.3 is 5.32 Å². The molecule has 0 unspecified atom stereocenters. The average molecular weight is 236 g/mol. The molecule has 0 saturated heterocycles. The molecule has 0 saturated carbocycles. The Labute approximate surface area is 100 Å². The third kappa shape index (κ3) is 4.22. The lowest BCUT2D eigenvalue weighted by Gasteiger charge is -2.12. The van der Waals surface area contributed by atoms with Crippen molar-refractivity contribution in [2.24, 2.45) is 0 Å². The van der Waals surface area contributed by atoms with Gasteiger partial charge in [0.25, 0.3) is 11.8 Å². The lowest BCUT2D eigenvalue weighted by Crippen LogP contribution is -2.30. The van der Waals surface area contributed by atoms with Gasteiger partial charge in [-0.1, -0.05) is 13.0 Å². The van der Waals surface area contributed by atoms with Gasteiger partial charge in [0.1, 0.15) is 0 Å². The molecule has 1 rings (SSSR count). The second-order valence-electron chi connectivity index (χ2n) is 3.74. The zero-order valence-electron chi connectivity index (χ0n) is 9.65. The van der Waals surface area contributed by atoms with E-state index >= 15 is 0 Å². The molecule has 0 aromatic heterocycles. The number of nitrogens with one attached hydrogen (secondary N) is 1. The number of carbonyl (C=O) groups excluding carboxylic acids is 3. The average Bonchev–Trinajstić information content (AvgIpc) is 2.60. The maximum Gasteiger partial charge on any atom is 0.253 e. The Kier molecular flexibility index (Phi) is 5.13. The van der Waals surface area contributed by atoms with Crippen molar-refractivity contribution in [1.82, 2.24) is 10.2 Å². The van der Waals surface area contributed by atoms with Gasteiger partial charge in [-0.3, -0.25) is 19.3 Å². The molecule has 1 aliphatic heterocycles. The van der Waals surface area contributed by atoms with Crippen LogP contribution in [0.1, 0.15) is 25.7 Å². The number of hydrogen-bond donors (Lipinski definition) is 1. The molecule has 92 valence electrons. The Morgan fingerprint density at radius 1 is 1.24 bits per heavy atom. The van der Waals surface area contributed by atoms with E-state index in [-0.39, 0.29) is 17.7 Å². The largest absolute Gasteiger partial charge is 0.333 e. The molecule has 0 bridgehead atoms. The fourth-order valence-corrected chi connectivity index (χ4v) is 1.57. The van der Waals surface area contributed by atoms with Crippen LogP contribution < -0.4 is 5.32 Å². The summed E-state index contributed by atoms with van der Waals surface area (Å²) in [5.41, 5.74) is 0. The summed E-state index contributed by atoms with van der Waals surface area (Å²) in [5, 5.41) is 2.49. The minimum atomic E-state index is -0.251. The Bertz CT molecular complexity index is 343. The zero-order chi connectivity index (χ0) is 12.7. The highest BCUT2D eigenvalue weighted by atomic mass is 16.2. The van der Waals surface area contributed by atoms with Crippen molar-refractivity contribution in [3.05, 3.63) is 24.9 Å². The second kappa shape index (κ2) is 6.62. The van der Waals surface area contributed by atoms with E-state index in [1.54, 1.807) is 0 Å². The topological polar surface area (TPSA) is 66.5 Å². The van der Waals surface area contributed by atoms with Crippen LogP contribution in [0.2, 0.25) is 0 Å². The van der Waals surface area contributed by atoms with Crippen LogP contribution in [0, 0.1) is 0 Å². The third-order valence-corrected chi connectivity index (χ3v) is 2.45. The fraction of sp³-hybridized carbons (Fsp3) is 0.417. The van der Waals surface area contributed by atoms with E-state index in [0.29, 0.717) is 13.0 Å².